The van der Waals surface area contributed by atoms with Gasteiger partial charge in [0, 0.05) is 23.2 Å². The molecule has 2 rings (SSSR count). The van der Waals surface area contributed by atoms with Crippen molar-refractivity contribution in [3.05, 3.63) is 36.7 Å². The lowest BCUT2D eigenvalue weighted by Gasteiger charge is -2.17. The highest BCUT2D eigenvalue weighted by Crippen LogP contribution is 2.21. The maximum absolute atomic E-state index is 11.9. The SMILES string of the molecule is C[C@@H](O)[C@H](NC(=O)Nc1cccc2cnccc12)C(=O)O. The van der Waals surface area contributed by atoms with Crippen LogP contribution in [0.3, 0.4) is 0 Å². The van der Waals surface area contributed by atoms with E-state index in [0.29, 0.717) is 5.69 Å². The van der Waals surface area contributed by atoms with Crippen molar-refractivity contribution in [3.8, 4) is 0 Å². The van der Waals surface area contributed by atoms with Crippen LogP contribution in [0.15, 0.2) is 36.7 Å². The lowest BCUT2D eigenvalue weighted by atomic mass is 10.1. The lowest BCUT2D eigenvalue weighted by molar-refractivity contribution is -0.141. The van der Waals surface area contributed by atoms with Gasteiger partial charge in [0.1, 0.15) is 0 Å². The van der Waals surface area contributed by atoms with E-state index in [2.05, 4.69) is 15.6 Å². The molecule has 0 bridgehead atoms. The second-order valence-electron chi connectivity index (χ2n) is 4.56. The largest absolute Gasteiger partial charge is 0.480 e. The summed E-state index contributed by atoms with van der Waals surface area (Å²) in [6, 6.07) is 4.97. The number of fused-ring (bicyclic) bond motifs is 1. The topological polar surface area (TPSA) is 112 Å². The van der Waals surface area contributed by atoms with Crippen LogP contribution in [0.5, 0.6) is 0 Å². The Bertz CT molecular complexity index is 667. The minimum Gasteiger partial charge on any atom is -0.480 e. The van der Waals surface area contributed by atoms with E-state index in [1.807, 2.05) is 6.07 Å². The minimum atomic E-state index is -1.37. The maximum Gasteiger partial charge on any atom is 0.328 e. The number of carbonyl (C=O) groups excluding carboxylic acids is 1. The van der Waals surface area contributed by atoms with E-state index in [0.717, 1.165) is 10.8 Å². The summed E-state index contributed by atoms with van der Waals surface area (Å²) >= 11 is 0. The number of aliphatic hydroxyl groups excluding tert-OH is 1. The minimum absolute atomic E-state index is 0.530. The second kappa shape index (κ2) is 6.19. The van der Waals surface area contributed by atoms with Gasteiger partial charge in [0.05, 0.1) is 11.8 Å². The summed E-state index contributed by atoms with van der Waals surface area (Å²) in [4.78, 5) is 26.8. The molecule has 0 fully saturated rings. The Balaban J connectivity index is 2.17. The van der Waals surface area contributed by atoms with E-state index in [9.17, 15) is 14.7 Å². The Morgan fingerprint density at radius 1 is 1.29 bits per heavy atom. The van der Waals surface area contributed by atoms with Crippen LogP contribution >= 0.6 is 0 Å². The molecule has 0 saturated heterocycles. The van der Waals surface area contributed by atoms with E-state index >= 15 is 0 Å². The van der Waals surface area contributed by atoms with Crippen molar-refractivity contribution in [2.24, 2.45) is 0 Å². The fraction of sp³-hybridized carbons (Fsp3) is 0.214. The number of aromatic nitrogens is 1. The van der Waals surface area contributed by atoms with Gasteiger partial charge >= 0.3 is 12.0 Å². The van der Waals surface area contributed by atoms with Crippen LogP contribution in [-0.2, 0) is 4.79 Å². The number of anilines is 1. The van der Waals surface area contributed by atoms with E-state index in [1.165, 1.54) is 6.92 Å². The van der Waals surface area contributed by atoms with Gasteiger partial charge in [-0.05, 0) is 19.1 Å². The molecule has 0 radical (unpaired) electrons. The molecule has 0 aliphatic rings. The molecule has 7 heteroatoms. The van der Waals surface area contributed by atoms with Crippen LogP contribution in [0.4, 0.5) is 10.5 Å². The maximum atomic E-state index is 11.9. The summed E-state index contributed by atoms with van der Waals surface area (Å²) < 4.78 is 0. The van der Waals surface area contributed by atoms with Crippen LogP contribution in [0.2, 0.25) is 0 Å². The van der Waals surface area contributed by atoms with Gasteiger partial charge in [0.15, 0.2) is 6.04 Å². The molecule has 0 unspecified atom stereocenters. The van der Waals surface area contributed by atoms with Gasteiger partial charge in [-0.25, -0.2) is 9.59 Å². The number of benzene rings is 1. The molecular formula is C14H15N3O4. The smallest absolute Gasteiger partial charge is 0.328 e. The predicted molar refractivity (Wildman–Crippen MR) is 77.0 cm³/mol. The van der Waals surface area contributed by atoms with Gasteiger partial charge in [-0.3, -0.25) is 4.98 Å². The first-order valence-corrected chi connectivity index (χ1v) is 6.30. The Morgan fingerprint density at radius 3 is 2.71 bits per heavy atom. The number of urea groups is 1. The third kappa shape index (κ3) is 3.46. The number of hydrogen-bond donors (Lipinski definition) is 4. The van der Waals surface area contributed by atoms with Crippen molar-refractivity contribution in [2.75, 3.05) is 5.32 Å². The molecule has 7 nitrogen and oxygen atoms in total. The number of carboxylic acids is 1. The summed E-state index contributed by atoms with van der Waals surface area (Å²) in [5.41, 5.74) is 0.530. The van der Waals surface area contributed by atoms with E-state index in [1.54, 1.807) is 30.6 Å². The first-order chi connectivity index (χ1) is 9.99. The first kappa shape index (κ1) is 14.7. The second-order valence-corrected chi connectivity index (χ2v) is 4.56. The molecule has 0 saturated carbocycles. The summed E-state index contributed by atoms with van der Waals surface area (Å²) in [6.45, 7) is 1.29. The molecular weight excluding hydrogens is 274 g/mol. The predicted octanol–water partition coefficient (Wildman–Crippen LogP) is 1.19. The fourth-order valence-electron chi connectivity index (χ4n) is 1.92. The van der Waals surface area contributed by atoms with Crippen LogP contribution in [0, 0.1) is 0 Å². The molecule has 2 aromatic rings. The van der Waals surface area contributed by atoms with Gasteiger partial charge < -0.3 is 20.8 Å². The number of hydrogen-bond acceptors (Lipinski definition) is 4. The number of nitrogens with one attached hydrogen (secondary N) is 2. The number of nitrogens with zero attached hydrogens (tertiary/aromatic N) is 1. The van der Waals surface area contributed by atoms with Crippen LogP contribution in [0.1, 0.15) is 6.92 Å². The molecule has 0 spiro atoms. The Hall–Kier alpha value is -2.67. The summed E-state index contributed by atoms with van der Waals surface area (Å²) in [5.74, 6) is -1.30. The Morgan fingerprint density at radius 2 is 2.05 bits per heavy atom. The van der Waals surface area contributed by atoms with Gasteiger partial charge in [0.2, 0.25) is 0 Å². The number of aliphatic carboxylic acids is 1. The Labute approximate surface area is 120 Å². The van der Waals surface area contributed by atoms with Gasteiger partial charge in [-0.2, -0.15) is 0 Å². The van der Waals surface area contributed by atoms with Crippen molar-refractivity contribution in [1.29, 1.82) is 0 Å². The van der Waals surface area contributed by atoms with Crippen molar-refractivity contribution >= 4 is 28.5 Å². The summed E-state index contributed by atoms with van der Waals surface area (Å²) in [6.07, 6.45) is 2.06. The number of carbonyl (C=O) groups is 2. The monoisotopic (exact) mass is 289 g/mol. The van der Waals surface area contributed by atoms with Crippen LogP contribution < -0.4 is 10.6 Å². The average molecular weight is 289 g/mol. The molecule has 2 atom stereocenters. The van der Waals surface area contributed by atoms with Crippen molar-refractivity contribution in [3.63, 3.8) is 0 Å². The zero-order chi connectivity index (χ0) is 15.4. The highest BCUT2D eigenvalue weighted by atomic mass is 16.4. The van der Waals surface area contributed by atoms with E-state index < -0.39 is 24.1 Å². The van der Waals surface area contributed by atoms with Gasteiger partial charge in [-0.1, -0.05) is 12.1 Å². The number of carboxylic acid groups (broad SMARTS) is 1. The van der Waals surface area contributed by atoms with Gasteiger partial charge in [0.25, 0.3) is 0 Å². The average Bonchev–Trinajstić information content (AvgIpc) is 2.44. The third-order valence-corrected chi connectivity index (χ3v) is 2.96. The molecule has 21 heavy (non-hydrogen) atoms. The molecule has 1 aromatic heterocycles. The van der Waals surface area contributed by atoms with E-state index in [4.69, 9.17) is 5.11 Å². The zero-order valence-corrected chi connectivity index (χ0v) is 11.3. The van der Waals surface area contributed by atoms with Crippen molar-refractivity contribution < 1.29 is 19.8 Å². The molecule has 1 heterocycles. The molecule has 2 amide bonds. The number of amides is 2. The third-order valence-electron chi connectivity index (χ3n) is 2.96. The quantitative estimate of drug-likeness (QED) is 0.675. The molecule has 0 aliphatic carbocycles. The van der Waals surface area contributed by atoms with Crippen LogP contribution in [-0.4, -0.2) is 39.3 Å². The van der Waals surface area contributed by atoms with E-state index in [-0.39, 0.29) is 0 Å². The fourth-order valence-corrected chi connectivity index (χ4v) is 1.92. The zero-order valence-electron chi connectivity index (χ0n) is 11.3. The summed E-state index contributed by atoms with van der Waals surface area (Å²) in [5, 5.41) is 24.7. The molecule has 110 valence electrons. The standard InChI is InChI=1S/C14H15N3O4/c1-8(18)12(13(19)20)17-14(21)16-11-4-2-3-9-7-15-6-5-10(9)11/h2-8,12,18H,1H3,(H,19,20)(H2,16,17,21)/t8-,12+/m1/s1. The first-order valence-electron chi connectivity index (χ1n) is 6.30. The molecule has 4 N–H and O–H groups in total. The number of aliphatic hydroxyl groups is 1. The number of rotatable bonds is 4. The lowest BCUT2D eigenvalue weighted by Crippen LogP contribution is -2.49. The normalized spacial score (nSPS) is 13.4. The van der Waals surface area contributed by atoms with Crippen LogP contribution in [0.25, 0.3) is 10.8 Å². The summed E-state index contributed by atoms with van der Waals surface area (Å²) in [7, 11) is 0. The van der Waals surface area contributed by atoms with Gasteiger partial charge in [-0.15, -0.1) is 0 Å². The highest BCUT2D eigenvalue weighted by Gasteiger charge is 2.25. The highest BCUT2D eigenvalue weighted by molar-refractivity contribution is 6.02. The van der Waals surface area contributed by atoms with Crippen molar-refractivity contribution in [1.82, 2.24) is 10.3 Å². The van der Waals surface area contributed by atoms with Crippen molar-refractivity contribution in [2.45, 2.75) is 19.1 Å². The number of pyridine rings is 1. The molecule has 1 aromatic carbocycles. The molecule has 0 aliphatic heterocycles. The Kier molecular flexibility index (Phi) is 4.34.